The van der Waals surface area contributed by atoms with Gasteiger partial charge < -0.3 is 10.2 Å². The van der Waals surface area contributed by atoms with Crippen molar-refractivity contribution in [1.82, 2.24) is 10.2 Å². The van der Waals surface area contributed by atoms with Crippen molar-refractivity contribution in [3.05, 3.63) is 22.4 Å². The molecule has 1 aromatic rings. The predicted molar refractivity (Wildman–Crippen MR) is 94.4 cm³/mol. The number of nitrogens with zero attached hydrogens (tertiary/aromatic N) is 1. The van der Waals surface area contributed by atoms with Crippen LogP contribution in [0.1, 0.15) is 44.4 Å². The Kier molecular flexibility index (Phi) is 7.09. The molecule has 23 heavy (non-hydrogen) atoms. The fraction of sp³-hybridized carbons (Fsp3) is 0.667. The molecule has 0 bridgehead atoms. The van der Waals surface area contributed by atoms with Crippen LogP contribution in [-0.4, -0.2) is 36.3 Å². The maximum Gasteiger partial charge on any atom is 0.223 e. The summed E-state index contributed by atoms with van der Waals surface area (Å²) in [6.45, 7) is 6.42. The van der Waals surface area contributed by atoms with Gasteiger partial charge in [0.1, 0.15) is 0 Å². The molecule has 0 radical (unpaired) electrons. The number of hydrogen-bond donors (Lipinski definition) is 1. The van der Waals surface area contributed by atoms with E-state index in [1.165, 1.54) is 4.88 Å². The third kappa shape index (κ3) is 5.98. The van der Waals surface area contributed by atoms with Crippen molar-refractivity contribution in [2.24, 2.45) is 11.8 Å². The van der Waals surface area contributed by atoms with E-state index in [1.54, 1.807) is 11.3 Å². The largest absolute Gasteiger partial charge is 0.355 e. The highest BCUT2D eigenvalue weighted by Crippen LogP contribution is 2.19. The normalized spacial score (nSPS) is 15.9. The Morgan fingerprint density at radius 2 is 2.09 bits per heavy atom. The van der Waals surface area contributed by atoms with E-state index >= 15 is 0 Å². The third-order valence-electron chi connectivity index (χ3n) is 4.40. The van der Waals surface area contributed by atoms with Gasteiger partial charge >= 0.3 is 0 Å². The van der Waals surface area contributed by atoms with E-state index in [4.69, 9.17) is 0 Å². The quantitative estimate of drug-likeness (QED) is 0.832. The molecule has 4 nitrogen and oxygen atoms in total. The maximum atomic E-state index is 12.2. The summed E-state index contributed by atoms with van der Waals surface area (Å²) < 4.78 is 0. The average molecular weight is 337 g/mol. The molecule has 1 saturated heterocycles. The lowest BCUT2D eigenvalue weighted by Crippen LogP contribution is -2.43. The first-order valence-electron chi connectivity index (χ1n) is 8.64. The minimum Gasteiger partial charge on any atom is -0.355 e. The van der Waals surface area contributed by atoms with Crippen molar-refractivity contribution in [2.75, 3.05) is 19.6 Å². The number of hydrogen-bond acceptors (Lipinski definition) is 3. The van der Waals surface area contributed by atoms with E-state index in [-0.39, 0.29) is 17.7 Å². The van der Waals surface area contributed by atoms with Crippen molar-refractivity contribution in [3.8, 4) is 0 Å². The van der Waals surface area contributed by atoms with Crippen molar-refractivity contribution < 1.29 is 9.59 Å². The zero-order chi connectivity index (χ0) is 16.7. The summed E-state index contributed by atoms with van der Waals surface area (Å²) >= 11 is 1.72. The van der Waals surface area contributed by atoms with Crippen molar-refractivity contribution in [3.63, 3.8) is 0 Å². The summed E-state index contributed by atoms with van der Waals surface area (Å²) in [6, 6.07) is 4.13. The first-order valence-corrected chi connectivity index (χ1v) is 9.52. The minimum absolute atomic E-state index is 0.0625. The fourth-order valence-corrected chi connectivity index (χ4v) is 3.58. The molecular weight excluding hydrogens is 308 g/mol. The lowest BCUT2D eigenvalue weighted by atomic mass is 9.95. The number of amides is 2. The Balaban J connectivity index is 1.65. The Bertz CT molecular complexity index is 491. The summed E-state index contributed by atoms with van der Waals surface area (Å²) in [6.07, 6.45) is 4.06. The van der Waals surface area contributed by atoms with Crippen LogP contribution in [0, 0.1) is 11.8 Å². The molecule has 0 aromatic carbocycles. The van der Waals surface area contributed by atoms with E-state index < -0.39 is 0 Å². The van der Waals surface area contributed by atoms with Crippen molar-refractivity contribution >= 4 is 23.2 Å². The topological polar surface area (TPSA) is 49.4 Å². The average Bonchev–Trinajstić information content (AvgIpc) is 3.06. The van der Waals surface area contributed by atoms with Crippen LogP contribution in [0.15, 0.2) is 17.5 Å². The van der Waals surface area contributed by atoms with Gasteiger partial charge in [0.25, 0.3) is 0 Å². The molecule has 0 aliphatic carbocycles. The number of nitrogens with one attached hydrogen (secondary N) is 1. The summed E-state index contributed by atoms with van der Waals surface area (Å²) in [5.41, 5.74) is 0. The lowest BCUT2D eigenvalue weighted by molar-refractivity contribution is -0.135. The first-order chi connectivity index (χ1) is 11.1. The molecule has 2 heterocycles. The second-order valence-electron chi connectivity index (χ2n) is 6.71. The van der Waals surface area contributed by atoms with Crippen LogP contribution in [0.4, 0.5) is 0 Å². The molecule has 2 rings (SSSR count). The van der Waals surface area contributed by atoms with Gasteiger partial charge in [-0.2, -0.15) is 0 Å². The van der Waals surface area contributed by atoms with Crippen LogP contribution in [0.3, 0.4) is 0 Å². The molecule has 1 fully saturated rings. The molecule has 1 aliphatic heterocycles. The summed E-state index contributed by atoms with van der Waals surface area (Å²) in [5.74, 6) is 1.02. The smallest absolute Gasteiger partial charge is 0.223 e. The number of piperidine rings is 1. The van der Waals surface area contributed by atoms with Gasteiger partial charge in [-0.3, -0.25) is 9.59 Å². The SMILES string of the molecule is CC(C)CCC(=O)N1CCC(C(=O)NCCc2cccs2)CC1. The third-order valence-corrected chi connectivity index (χ3v) is 5.34. The number of carbonyl (C=O) groups is 2. The Morgan fingerprint density at radius 3 is 2.70 bits per heavy atom. The van der Waals surface area contributed by atoms with Crippen LogP contribution >= 0.6 is 11.3 Å². The molecule has 1 N–H and O–H groups in total. The highest BCUT2D eigenvalue weighted by Gasteiger charge is 2.26. The van der Waals surface area contributed by atoms with Gasteiger partial charge in [-0.15, -0.1) is 11.3 Å². The van der Waals surface area contributed by atoms with E-state index in [2.05, 4.69) is 30.6 Å². The zero-order valence-corrected chi connectivity index (χ0v) is 15.0. The van der Waals surface area contributed by atoms with E-state index in [0.29, 0.717) is 18.9 Å². The molecule has 1 aromatic heterocycles. The summed E-state index contributed by atoms with van der Waals surface area (Å²) in [5, 5.41) is 5.10. The van der Waals surface area contributed by atoms with Crippen LogP contribution in [0.25, 0.3) is 0 Å². The maximum absolute atomic E-state index is 12.2. The molecule has 0 spiro atoms. The molecule has 0 unspecified atom stereocenters. The standard InChI is InChI=1S/C18H28N2O2S/c1-14(2)5-6-17(21)20-11-8-15(9-12-20)18(22)19-10-7-16-4-3-13-23-16/h3-4,13-15H,5-12H2,1-2H3,(H,19,22). The summed E-state index contributed by atoms with van der Waals surface area (Å²) in [7, 11) is 0. The Labute approximate surface area is 143 Å². The number of likely N-dealkylation sites (tertiary alicyclic amines) is 1. The highest BCUT2D eigenvalue weighted by atomic mass is 32.1. The van der Waals surface area contributed by atoms with Crippen LogP contribution in [0.2, 0.25) is 0 Å². The second-order valence-corrected chi connectivity index (χ2v) is 7.74. The van der Waals surface area contributed by atoms with E-state index in [0.717, 1.165) is 38.8 Å². The minimum atomic E-state index is 0.0625. The Hall–Kier alpha value is -1.36. The van der Waals surface area contributed by atoms with Gasteiger partial charge in [0.15, 0.2) is 0 Å². The lowest BCUT2D eigenvalue weighted by Gasteiger charge is -2.31. The van der Waals surface area contributed by atoms with Crippen LogP contribution in [0.5, 0.6) is 0 Å². The van der Waals surface area contributed by atoms with Crippen LogP contribution in [-0.2, 0) is 16.0 Å². The van der Waals surface area contributed by atoms with Gasteiger partial charge in [0.2, 0.25) is 11.8 Å². The molecule has 2 amide bonds. The van der Waals surface area contributed by atoms with Crippen LogP contribution < -0.4 is 5.32 Å². The van der Waals surface area contributed by atoms with Crippen molar-refractivity contribution in [1.29, 1.82) is 0 Å². The highest BCUT2D eigenvalue weighted by molar-refractivity contribution is 7.09. The number of rotatable bonds is 7. The van der Waals surface area contributed by atoms with Gasteiger partial charge in [0.05, 0.1) is 0 Å². The monoisotopic (exact) mass is 336 g/mol. The van der Waals surface area contributed by atoms with E-state index in [1.807, 2.05) is 11.0 Å². The van der Waals surface area contributed by atoms with Gasteiger partial charge in [-0.05, 0) is 43.0 Å². The molecule has 5 heteroatoms. The summed E-state index contributed by atoms with van der Waals surface area (Å²) in [4.78, 5) is 27.5. The molecular formula is C18H28N2O2S. The van der Waals surface area contributed by atoms with Gasteiger partial charge in [0, 0.05) is 36.9 Å². The predicted octanol–water partition coefficient (Wildman–Crippen LogP) is 3.08. The Morgan fingerprint density at radius 1 is 1.35 bits per heavy atom. The van der Waals surface area contributed by atoms with Gasteiger partial charge in [-0.1, -0.05) is 19.9 Å². The van der Waals surface area contributed by atoms with E-state index in [9.17, 15) is 9.59 Å². The fourth-order valence-electron chi connectivity index (χ4n) is 2.87. The first kappa shape index (κ1) is 18.0. The van der Waals surface area contributed by atoms with Gasteiger partial charge in [-0.25, -0.2) is 0 Å². The molecule has 0 saturated carbocycles. The number of thiophene rings is 1. The zero-order valence-electron chi connectivity index (χ0n) is 14.2. The van der Waals surface area contributed by atoms with Crippen molar-refractivity contribution in [2.45, 2.75) is 46.0 Å². The number of carbonyl (C=O) groups excluding carboxylic acids is 2. The molecule has 1 aliphatic rings. The molecule has 0 atom stereocenters. The molecule has 128 valence electrons. The second kappa shape index (κ2) is 9.06.